The zero-order valence-electron chi connectivity index (χ0n) is 17.4. The Hall–Kier alpha value is -2.94. The quantitative estimate of drug-likeness (QED) is 0.319. The fourth-order valence-corrected chi connectivity index (χ4v) is 2.87. The number of aliphatic hydroxyl groups is 1. The van der Waals surface area contributed by atoms with E-state index in [2.05, 4.69) is 16.0 Å². The van der Waals surface area contributed by atoms with Crippen molar-refractivity contribution in [2.75, 3.05) is 13.2 Å². The summed E-state index contributed by atoms with van der Waals surface area (Å²) < 4.78 is 0. The first-order valence-corrected chi connectivity index (χ1v) is 10.0. The van der Waals surface area contributed by atoms with E-state index >= 15 is 0 Å². The SMILES string of the molecule is CCC(C)C(NC(=O)CCNC(=O)O)C(=O)NC(CCc1ccccc1)C(=O)CO. The zero-order valence-corrected chi connectivity index (χ0v) is 17.4. The fraction of sp³-hybridized carbons (Fsp3) is 0.524. The maximum Gasteiger partial charge on any atom is 0.404 e. The number of benzene rings is 1. The molecular weight excluding hydrogens is 390 g/mol. The highest BCUT2D eigenvalue weighted by atomic mass is 16.4. The Bertz CT molecular complexity index is 710. The van der Waals surface area contributed by atoms with Gasteiger partial charge < -0.3 is 26.2 Å². The van der Waals surface area contributed by atoms with Crippen molar-refractivity contribution in [2.45, 2.75) is 51.6 Å². The second kappa shape index (κ2) is 13.3. The van der Waals surface area contributed by atoms with Crippen LogP contribution in [0.25, 0.3) is 0 Å². The molecule has 0 heterocycles. The number of amides is 3. The van der Waals surface area contributed by atoms with Crippen LogP contribution in [0.3, 0.4) is 0 Å². The minimum Gasteiger partial charge on any atom is -0.465 e. The van der Waals surface area contributed by atoms with Gasteiger partial charge in [-0.15, -0.1) is 0 Å². The van der Waals surface area contributed by atoms with Crippen molar-refractivity contribution in [3.63, 3.8) is 0 Å². The molecule has 3 atom stereocenters. The van der Waals surface area contributed by atoms with E-state index in [1.807, 2.05) is 37.3 Å². The third-order valence-electron chi connectivity index (χ3n) is 4.87. The number of hydrogen-bond acceptors (Lipinski definition) is 5. The number of aliphatic hydroxyl groups excluding tert-OH is 1. The number of nitrogens with one attached hydrogen (secondary N) is 3. The molecule has 3 unspecified atom stereocenters. The molecule has 3 amide bonds. The molecule has 0 aromatic heterocycles. The van der Waals surface area contributed by atoms with E-state index < -0.39 is 42.4 Å². The van der Waals surface area contributed by atoms with E-state index in [4.69, 9.17) is 5.11 Å². The number of Topliss-reactive ketones (excluding diaryl/α,β-unsaturated/α-hetero) is 1. The summed E-state index contributed by atoms with van der Waals surface area (Å²) in [6.07, 6.45) is 0.119. The molecule has 30 heavy (non-hydrogen) atoms. The van der Waals surface area contributed by atoms with Crippen LogP contribution in [0, 0.1) is 5.92 Å². The monoisotopic (exact) mass is 421 g/mol. The third kappa shape index (κ3) is 9.04. The second-order valence-electron chi connectivity index (χ2n) is 7.12. The highest BCUT2D eigenvalue weighted by Crippen LogP contribution is 2.11. The molecule has 0 aliphatic rings. The predicted octanol–water partition coefficient (Wildman–Crippen LogP) is 0.854. The van der Waals surface area contributed by atoms with Crippen LogP contribution in [-0.4, -0.2) is 59.1 Å². The van der Waals surface area contributed by atoms with Crippen LogP contribution in [0.1, 0.15) is 38.7 Å². The fourth-order valence-electron chi connectivity index (χ4n) is 2.87. The van der Waals surface area contributed by atoms with E-state index in [9.17, 15) is 24.3 Å². The number of carbonyl (C=O) groups is 4. The van der Waals surface area contributed by atoms with Gasteiger partial charge in [0.2, 0.25) is 11.8 Å². The number of carboxylic acid groups (broad SMARTS) is 1. The van der Waals surface area contributed by atoms with E-state index in [1.165, 1.54) is 0 Å². The normalized spacial score (nSPS) is 13.6. The predicted molar refractivity (Wildman–Crippen MR) is 111 cm³/mol. The van der Waals surface area contributed by atoms with Gasteiger partial charge in [-0.3, -0.25) is 14.4 Å². The maximum absolute atomic E-state index is 12.8. The lowest BCUT2D eigenvalue weighted by Crippen LogP contribution is -2.54. The summed E-state index contributed by atoms with van der Waals surface area (Å²) in [4.78, 5) is 47.6. The summed E-state index contributed by atoms with van der Waals surface area (Å²) in [6, 6.07) is 7.71. The molecule has 0 saturated heterocycles. The highest BCUT2D eigenvalue weighted by molar-refractivity contribution is 5.93. The Labute approximate surface area is 176 Å². The molecule has 166 valence electrons. The molecule has 0 spiro atoms. The van der Waals surface area contributed by atoms with Gasteiger partial charge in [0.1, 0.15) is 12.6 Å². The third-order valence-corrected chi connectivity index (χ3v) is 4.87. The average Bonchev–Trinajstić information content (AvgIpc) is 2.74. The number of aryl methyl sites for hydroxylation is 1. The Morgan fingerprint density at radius 1 is 1.07 bits per heavy atom. The summed E-state index contributed by atoms with van der Waals surface area (Å²) in [5.74, 6) is -1.69. The molecule has 0 fully saturated rings. The summed E-state index contributed by atoms with van der Waals surface area (Å²) in [5.41, 5.74) is 1.00. The van der Waals surface area contributed by atoms with Crippen molar-refractivity contribution in [3.05, 3.63) is 35.9 Å². The first kappa shape index (κ1) is 25.1. The molecule has 5 N–H and O–H groups in total. The van der Waals surface area contributed by atoms with Crippen LogP contribution >= 0.6 is 0 Å². The largest absolute Gasteiger partial charge is 0.465 e. The molecule has 1 aromatic rings. The first-order valence-electron chi connectivity index (χ1n) is 10.0. The van der Waals surface area contributed by atoms with E-state index in [0.717, 1.165) is 5.56 Å². The van der Waals surface area contributed by atoms with Crippen molar-refractivity contribution >= 4 is 23.7 Å². The number of hydrogen-bond donors (Lipinski definition) is 5. The molecule has 1 rings (SSSR count). The van der Waals surface area contributed by atoms with Gasteiger partial charge in [-0.05, 0) is 24.3 Å². The van der Waals surface area contributed by atoms with Crippen molar-refractivity contribution in [3.8, 4) is 0 Å². The van der Waals surface area contributed by atoms with E-state index in [-0.39, 0.29) is 18.9 Å². The Morgan fingerprint density at radius 3 is 2.30 bits per heavy atom. The zero-order chi connectivity index (χ0) is 22.5. The van der Waals surface area contributed by atoms with Crippen LogP contribution in [0.2, 0.25) is 0 Å². The van der Waals surface area contributed by atoms with Crippen LogP contribution in [0.5, 0.6) is 0 Å². The Kier molecular flexibility index (Phi) is 11.1. The van der Waals surface area contributed by atoms with Crippen LogP contribution in [0.4, 0.5) is 4.79 Å². The van der Waals surface area contributed by atoms with E-state index in [1.54, 1.807) is 6.92 Å². The molecule has 0 aliphatic carbocycles. The molecule has 9 heteroatoms. The van der Waals surface area contributed by atoms with Gasteiger partial charge in [-0.25, -0.2) is 4.79 Å². The number of ketones is 1. The standard InChI is InChI=1S/C21H31N3O6/c1-3-14(2)19(24-18(27)11-12-22-21(29)30)20(28)23-16(17(26)13-25)10-9-15-7-5-4-6-8-15/h4-8,14,16,19,22,25H,3,9-13H2,1-2H3,(H,23,28)(H,24,27)(H,29,30). The lowest BCUT2D eigenvalue weighted by Gasteiger charge is -2.26. The van der Waals surface area contributed by atoms with Gasteiger partial charge >= 0.3 is 6.09 Å². The summed E-state index contributed by atoms with van der Waals surface area (Å²) in [5, 5.41) is 25.2. The van der Waals surface area contributed by atoms with Crippen molar-refractivity contribution in [2.24, 2.45) is 5.92 Å². The lowest BCUT2D eigenvalue weighted by molar-refractivity contribution is -0.133. The Morgan fingerprint density at radius 2 is 1.73 bits per heavy atom. The molecule has 0 aliphatic heterocycles. The smallest absolute Gasteiger partial charge is 0.404 e. The summed E-state index contributed by atoms with van der Waals surface area (Å²) in [7, 11) is 0. The number of carbonyl (C=O) groups excluding carboxylic acids is 3. The van der Waals surface area contributed by atoms with Crippen LogP contribution < -0.4 is 16.0 Å². The van der Waals surface area contributed by atoms with E-state index in [0.29, 0.717) is 19.3 Å². The lowest BCUT2D eigenvalue weighted by atomic mass is 9.96. The topological polar surface area (TPSA) is 145 Å². The Balaban J connectivity index is 2.77. The summed E-state index contributed by atoms with van der Waals surface area (Å²) in [6.45, 7) is 2.90. The van der Waals surface area contributed by atoms with Crippen LogP contribution in [-0.2, 0) is 20.8 Å². The van der Waals surface area contributed by atoms with Crippen LogP contribution in [0.15, 0.2) is 30.3 Å². The van der Waals surface area contributed by atoms with Gasteiger partial charge in [0.15, 0.2) is 5.78 Å². The minimum absolute atomic E-state index is 0.0707. The minimum atomic E-state index is -1.23. The average molecular weight is 421 g/mol. The molecule has 1 aromatic carbocycles. The van der Waals surface area contributed by atoms with Gasteiger partial charge in [0.05, 0.1) is 6.04 Å². The molecule has 0 radical (unpaired) electrons. The molecule has 0 bridgehead atoms. The van der Waals surface area contributed by atoms with Gasteiger partial charge in [0, 0.05) is 13.0 Å². The highest BCUT2D eigenvalue weighted by Gasteiger charge is 2.29. The molecule has 9 nitrogen and oxygen atoms in total. The first-order chi connectivity index (χ1) is 14.3. The maximum atomic E-state index is 12.8. The van der Waals surface area contributed by atoms with Crippen molar-refractivity contribution in [1.29, 1.82) is 0 Å². The summed E-state index contributed by atoms with van der Waals surface area (Å²) >= 11 is 0. The van der Waals surface area contributed by atoms with Gasteiger partial charge in [-0.2, -0.15) is 0 Å². The van der Waals surface area contributed by atoms with Gasteiger partial charge in [-0.1, -0.05) is 50.6 Å². The van der Waals surface area contributed by atoms with Gasteiger partial charge in [0.25, 0.3) is 0 Å². The second-order valence-corrected chi connectivity index (χ2v) is 7.12. The van der Waals surface area contributed by atoms with Crippen molar-refractivity contribution in [1.82, 2.24) is 16.0 Å². The number of rotatable bonds is 13. The molecular formula is C21H31N3O6. The molecule has 0 saturated carbocycles. The van der Waals surface area contributed by atoms with Crippen molar-refractivity contribution < 1.29 is 29.4 Å².